The molecule has 1 N–H and O–H groups in total. The highest BCUT2D eigenvalue weighted by molar-refractivity contribution is 9.10. The van der Waals surface area contributed by atoms with Crippen molar-refractivity contribution in [2.75, 3.05) is 5.32 Å². The van der Waals surface area contributed by atoms with Crippen molar-refractivity contribution < 1.29 is 14.0 Å². The summed E-state index contributed by atoms with van der Waals surface area (Å²) in [6, 6.07) is 12.4. The van der Waals surface area contributed by atoms with E-state index in [1.807, 2.05) is 25.1 Å². The van der Waals surface area contributed by atoms with Crippen molar-refractivity contribution in [2.24, 2.45) is 0 Å². The van der Waals surface area contributed by atoms with Crippen molar-refractivity contribution in [2.45, 2.75) is 13.8 Å². The molecule has 2 aromatic carbocycles. The van der Waals surface area contributed by atoms with Crippen molar-refractivity contribution in [3.8, 4) is 0 Å². The number of anilines is 1. The third-order valence-corrected chi connectivity index (χ3v) is 4.15. The molecule has 0 atom stereocenters. The van der Waals surface area contributed by atoms with E-state index in [0.29, 0.717) is 16.8 Å². The Hall–Kier alpha value is -2.40. The molecule has 116 valence electrons. The van der Waals surface area contributed by atoms with Crippen LogP contribution in [0.2, 0.25) is 0 Å². The maximum atomic E-state index is 12.4. The van der Waals surface area contributed by atoms with Crippen LogP contribution in [0.3, 0.4) is 0 Å². The van der Waals surface area contributed by atoms with E-state index in [0.717, 1.165) is 15.4 Å². The van der Waals surface area contributed by atoms with E-state index in [1.54, 1.807) is 24.3 Å². The summed E-state index contributed by atoms with van der Waals surface area (Å²) in [6.45, 7) is 3.36. The zero-order valence-corrected chi connectivity index (χ0v) is 14.2. The van der Waals surface area contributed by atoms with E-state index in [9.17, 15) is 9.59 Å². The van der Waals surface area contributed by atoms with Crippen molar-refractivity contribution in [3.05, 3.63) is 63.8 Å². The number of hydrogen-bond donors (Lipinski definition) is 1. The number of amides is 1. The monoisotopic (exact) mass is 371 g/mol. The number of benzene rings is 2. The summed E-state index contributed by atoms with van der Waals surface area (Å²) in [6.07, 6.45) is 0. The fraction of sp³-hybridized carbons (Fsp3) is 0.111. The Morgan fingerprint density at radius 1 is 1.09 bits per heavy atom. The molecule has 0 saturated carbocycles. The van der Waals surface area contributed by atoms with E-state index in [1.165, 1.54) is 6.92 Å². The molecule has 0 aliphatic rings. The molecule has 0 unspecified atom stereocenters. The molecule has 3 rings (SSSR count). The second-order valence-corrected chi connectivity index (χ2v) is 6.20. The van der Waals surface area contributed by atoms with Crippen LogP contribution in [0.1, 0.15) is 33.4 Å². The van der Waals surface area contributed by atoms with Crippen LogP contribution in [0, 0.1) is 6.92 Å². The van der Waals surface area contributed by atoms with Crippen LogP contribution in [0.4, 0.5) is 5.69 Å². The maximum Gasteiger partial charge on any atom is 0.291 e. The summed E-state index contributed by atoms with van der Waals surface area (Å²) in [5.41, 5.74) is 2.68. The number of carbonyl (C=O) groups is 2. The summed E-state index contributed by atoms with van der Waals surface area (Å²) in [7, 11) is 0. The maximum absolute atomic E-state index is 12.4. The van der Waals surface area contributed by atoms with Gasteiger partial charge in [-0.25, -0.2) is 0 Å². The number of Topliss-reactive ketones (excluding diaryl/α,β-unsaturated/α-hetero) is 1. The fourth-order valence-corrected chi connectivity index (χ4v) is 2.75. The van der Waals surface area contributed by atoms with Crippen molar-refractivity contribution in [3.63, 3.8) is 0 Å². The van der Waals surface area contributed by atoms with Crippen LogP contribution in [-0.2, 0) is 0 Å². The SMILES string of the molecule is CC(=O)c1ccc(NC(=O)c2oc3ccc(Br)cc3c2C)cc1. The molecular weight excluding hydrogens is 358 g/mol. The first kappa shape index (κ1) is 15.5. The lowest BCUT2D eigenvalue weighted by atomic mass is 10.1. The number of rotatable bonds is 3. The molecule has 1 amide bonds. The summed E-state index contributed by atoms with van der Waals surface area (Å²) >= 11 is 3.42. The van der Waals surface area contributed by atoms with Crippen molar-refractivity contribution in [1.29, 1.82) is 0 Å². The quantitative estimate of drug-likeness (QED) is 0.662. The molecule has 0 fully saturated rings. The molecule has 1 aromatic heterocycles. The number of halogens is 1. The lowest BCUT2D eigenvalue weighted by Gasteiger charge is -2.04. The minimum Gasteiger partial charge on any atom is -0.451 e. The number of fused-ring (bicyclic) bond motifs is 1. The normalized spacial score (nSPS) is 10.7. The van der Waals surface area contributed by atoms with Gasteiger partial charge in [0.1, 0.15) is 5.58 Å². The lowest BCUT2D eigenvalue weighted by Crippen LogP contribution is -2.12. The molecule has 5 heteroatoms. The Balaban J connectivity index is 1.88. The number of carbonyl (C=O) groups excluding carboxylic acids is 2. The van der Waals surface area contributed by atoms with Crippen LogP contribution in [0.25, 0.3) is 11.0 Å². The molecule has 23 heavy (non-hydrogen) atoms. The van der Waals surface area contributed by atoms with Gasteiger partial charge in [0, 0.05) is 26.7 Å². The number of ketones is 1. The van der Waals surface area contributed by atoms with Crippen LogP contribution in [0.15, 0.2) is 51.4 Å². The van der Waals surface area contributed by atoms with Gasteiger partial charge in [-0.05, 0) is 56.3 Å². The van der Waals surface area contributed by atoms with Crippen LogP contribution in [0.5, 0.6) is 0 Å². The molecule has 0 saturated heterocycles. The first-order valence-electron chi connectivity index (χ1n) is 7.06. The number of nitrogens with one attached hydrogen (secondary N) is 1. The molecule has 0 radical (unpaired) electrons. The second-order valence-electron chi connectivity index (χ2n) is 5.28. The second kappa shape index (κ2) is 6.01. The Labute approximate surface area is 141 Å². The molecule has 0 spiro atoms. The highest BCUT2D eigenvalue weighted by Gasteiger charge is 2.18. The topological polar surface area (TPSA) is 59.3 Å². The average Bonchev–Trinajstić information content (AvgIpc) is 2.85. The predicted octanol–water partition coefficient (Wildman–Crippen LogP) is 4.96. The van der Waals surface area contributed by atoms with Crippen molar-refractivity contribution in [1.82, 2.24) is 0 Å². The Morgan fingerprint density at radius 2 is 1.78 bits per heavy atom. The minimum absolute atomic E-state index is 0.0124. The average molecular weight is 372 g/mol. The zero-order valence-electron chi connectivity index (χ0n) is 12.6. The van der Waals surface area contributed by atoms with Gasteiger partial charge in [-0.1, -0.05) is 15.9 Å². The summed E-state index contributed by atoms with van der Waals surface area (Å²) < 4.78 is 6.59. The Bertz CT molecular complexity index is 910. The van der Waals surface area contributed by atoms with E-state index >= 15 is 0 Å². The summed E-state index contributed by atoms with van der Waals surface area (Å²) in [4.78, 5) is 23.7. The van der Waals surface area contributed by atoms with Gasteiger partial charge < -0.3 is 9.73 Å². The molecule has 0 aliphatic heterocycles. The van der Waals surface area contributed by atoms with Gasteiger partial charge in [-0.3, -0.25) is 9.59 Å². The molecule has 0 bridgehead atoms. The van der Waals surface area contributed by atoms with Gasteiger partial charge >= 0.3 is 0 Å². The Morgan fingerprint density at radius 3 is 2.43 bits per heavy atom. The molecule has 4 nitrogen and oxygen atoms in total. The first-order chi connectivity index (χ1) is 11.0. The minimum atomic E-state index is -0.314. The number of hydrogen-bond acceptors (Lipinski definition) is 3. The van der Waals surface area contributed by atoms with Gasteiger partial charge in [0.2, 0.25) is 0 Å². The zero-order chi connectivity index (χ0) is 16.6. The van der Waals surface area contributed by atoms with Gasteiger partial charge in [-0.2, -0.15) is 0 Å². The Kier molecular flexibility index (Phi) is 4.05. The van der Waals surface area contributed by atoms with E-state index in [-0.39, 0.29) is 17.5 Å². The van der Waals surface area contributed by atoms with E-state index < -0.39 is 0 Å². The molecular formula is C18H14BrNO3. The molecule has 0 aliphatic carbocycles. The van der Waals surface area contributed by atoms with Crippen LogP contribution in [-0.4, -0.2) is 11.7 Å². The molecule has 3 aromatic rings. The van der Waals surface area contributed by atoms with Crippen LogP contribution >= 0.6 is 15.9 Å². The summed E-state index contributed by atoms with van der Waals surface area (Å²) in [5, 5.41) is 3.68. The van der Waals surface area contributed by atoms with Crippen LogP contribution < -0.4 is 5.32 Å². The van der Waals surface area contributed by atoms with Gasteiger partial charge in [-0.15, -0.1) is 0 Å². The van der Waals surface area contributed by atoms with Crippen molar-refractivity contribution >= 4 is 44.3 Å². The predicted molar refractivity (Wildman–Crippen MR) is 93.1 cm³/mol. The third kappa shape index (κ3) is 3.05. The van der Waals surface area contributed by atoms with E-state index in [4.69, 9.17) is 4.42 Å². The first-order valence-corrected chi connectivity index (χ1v) is 7.86. The fourth-order valence-electron chi connectivity index (χ4n) is 2.39. The standard InChI is InChI=1S/C18H14BrNO3/c1-10-15-9-13(19)5-8-16(15)23-17(10)18(22)20-14-6-3-12(4-7-14)11(2)21/h3-9H,1-2H3,(H,20,22). The highest BCUT2D eigenvalue weighted by Crippen LogP contribution is 2.28. The number of aryl methyl sites for hydroxylation is 1. The third-order valence-electron chi connectivity index (χ3n) is 3.65. The van der Waals surface area contributed by atoms with Gasteiger partial charge in [0.15, 0.2) is 11.5 Å². The van der Waals surface area contributed by atoms with Gasteiger partial charge in [0.05, 0.1) is 0 Å². The van der Waals surface area contributed by atoms with Gasteiger partial charge in [0.25, 0.3) is 5.91 Å². The smallest absolute Gasteiger partial charge is 0.291 e. The summed E-state index contributed by atoms with van der Waals surface area (Å²) in [5.74, 6) is -0.0410. The van der Waals surface area contributed by atoms with E-state index in [2.05, 4.69) is 21.2 Å². The number of furan rings is 1. The highest BCUT2D eigenvalue weighted by atomic mass is 79.9. The molecule has 1 heterocycles. The largest absolute Gasteiger partial charge is 0.451 e. The lowest BCUT2D eigenvalue weighted by molar-refractivity contribution is 0.0995.